The molecule has 1 aliphatic rings. The van der Waals surface area contributed by atoms with E-state index in [0.29, 0.717) is 6.54 Å². The minimum Gasteiger partial charge on any atom is -0.354 e. The summed E-state index contributed by atoms with van der Waals surface area (Å²) in [6.45, 7) is 5.83. The van der Waals surface area contributed by atoms with Gasteiger partial charge in [-0.2, -0.15) is 0 Å². The van der Waals surface area contributed by atoms with Crippen molar-refractivity contribution < 1.29 is 0 Å². The van der Waals surface area contributed by atoms with E-state index >= 15 is 0 Å². The Kier molecular flexibility index (Phi) is 4.48. The summed E-state index contributed by atoms with van der Waals surface area (Å²) in [5.41, 5.74) is 8.27. The highest BCUT2D eigenvalue weighted by molar-refractivity contribution is 5.38. The Morgan fingerprint density at radius 3 is 2.48 bits per heavy atom. The summed E-state index contributed by atoms with van der Waals surface area (Å²) >= 11 is 0. The van der Waals surface area contributed by atoms with Gasteiger partial charge in [-0.05, 0) is 23.3 Å². The molecule has 0 atom stereocenters. The molecule has 3 rings (SSSR count). The van der Waals surface area contributed by atoms with Gasteiger partial charge in [-0.3, -0.25) is 4.90 Å². The summed E-state index contributed by atoms with van der Waals surface area (Å²) in [5.74, 6) is 1.09. The maximum atomic E-state index is 5.71. The molecule has 0 saturated carbocycles. The minimum atomic E-state index is 0.612. The van der Waals surface area contributed by atoms with Crippen molar-refractivity contribution >= 4 is 5.82 Å². The van der Waals surface area contributed by atoms with Crippen LogP contribution in [0.1, 0.15) is 11.1 Å². The number of rotatable bonds is 4. The minimum absolute atomic E-state index is 0.612. The maximum Gasteiger partial charge on any atom is 0.128 e. The number of aromatic nitrogens is 1. The van der Waals surface area contributed by atoms with E-state index in [0.717, 1.165) is 38.5 Å². The molecular formula is C17H22N4. The summed E-state index contributed by atoms with van der Waals surface area (Å²) in [5, 5.41) is 0. The standard InChI is InChI=1S/C17H22N4/c18-13-15-4-3-5-16(12-15)14-20-8-10-21(11-9-20)17-6-1-2-7-19-17/h1-7,12H,8-11,13-14,18H2. The van der Waals surface area contributed by atoms with Crippen molar-refractivity contribution in [2.75, 3.05) is 31.1 Å². The number of hydrogen-bond acceptors (Lipinski definition) is 4. The first-order chi connectivity index (χ1) is 10.3. The first kappa shape index (κ1) is 14.0. The molecule has 0 radical (unpaired) electrons. The molecule has 0 amide bonds. The van der Waals surface area contributed by atoms with Gasteiger partial charge in [0.2, 0.25) is 0 Å². The van der Waals surface area contributed by atoms with Gasteiger partial charge in [0.05, 0.1) is 0 Å². The average molecular weight is 282 g/mol. The van der Waals surface area contributed by atoms with E-state index in [1.54, 1.807) is 0 Å². The van der Waals surface area contributed by atoms with Crippen LogP contribution in [0.25, 0.3) is 0 Å². The van der Waals surface area contributed by atoms with Gasteiger partial charge in [-0.1, -0.05) is 30.3 Å². The quantitative estimate of drug-likeness (QED) is 0.930. The molecule has 2 aromatic rings. The molecule has 2 N–H and O–H groups in total. The van der Waals surface area contributed by atoms with E-state index in [9.17, 15) is 0 Å². The van der Waals surface area contributed by atoms with E-state index in [-0.39, 0.29) is 0 Å². The van der Waals surface area contributed by atoms with Crippen LogP contribution in [0, 0.1) is 0 Å². The Hall–Kier alpha value is -1.91. The Bertz CT molecular complexity index is 562. The first-order valence-corrected chi connectivity index (χ1v) is 7.51. The molecule has 2 heterocycles. The molecule has 0 spiro atoms. The lowest BCUT2D eigenvalue weighted by molar-refractivity contribution is 0.249. The molecular weight excluding hydrogens is 260 g/mol. The van der Waals surface area contributed by atoms with Crippen molar-refractivity contribution in [1.82, 2.24) is 9.88 Å². The topological polar surface area (TPSA) is 45.4 Å². The zero-order valence-electron chi connectivity index (χ0n) is 12.3. The van der Waals surface area contributed by atoms with Crippen molar-refractivity contribution in [2.24, 2.45) is 5.73 Å². The van der Waals surface area contributed by atoms with Gasteiger partial charge in [0.25, 0.3) is 0 Å². The number of anilines is 1. The van der Waals surface area contributed by atoms with Gasteiger partial charge in [0.1, 0.15) is 5.82 Å². The molecule has 1 aliphatic heterocycles. The van der Waals surface area contributed by atoms with Crippen LogP contribution in [0.4, 0.5) is 5.82 Å². The normalized spacial score (nSPS) is 16.1. The van der Waals surface area contributed by atoms with Crippen LogP contribution < -0.4 is 10.6 Å². The fraction of sp³-hybridized carbons (Fsp3) is 0.353. The van der Waals surface area contributed by atoms with Gasteiger partial charge in [0.15, 0.2) is 0 Å². The zero-order chi connectivity index (χ0) is 14.5. The van der Waals surface area contributed by atoms with Crippen LogP contribution in [0.15, 0.2) is 48.7 Å². The molecule has 21 heavy (non-hydrogen) atoms. The molecule has 110 valence electrons. The van der Waals surface area contributed by atoms with Gasteiger partial charge in [-0.25, -0.2) is 4.98 Å². The summed E-state index contributed by atoms with van der Waals surface area (Å²) in [6, 6.07) is 14.7. The average Bonchev–Trinajstić information content (AvgIpc) is 2.56. The number of benzene rings is 1. The summed E-state index contributed by atoms with van der Waals surface area (Å²) in [7, 11) is 0. The molecule has 1 aromatic heterocycles. The molecule has 1 saturated heterocycles. The van der Waals surface area contributed by atoms with Crippen molar-refractivity contribution in [3.8, 4) is 0 Å². The Morgan fingerprint density at radius 2 is 1.76 bits per heavy atom. The predicted octanol–water partition coefficient (Wildman–Crippen LogP) is 1.86. The summed E-state index contributed by atoms with van der Waals surface area (Å²) in [6.07, 6.45) is 1.86. The number of piperazine rings is 1. The fourth-order valence-electron chi connectivity index (χ4n) is 2.79. The largest absolute Gasteiger partial charge is 0.354 e. The molecule has 1 fully saturated rings. The lowest BCUT2D eigenvalue weighted by atomic mass is 10.1. The molecule has 0 bridgehead atoms. The third kappa shape index (κ3) is 3.60. The second-order valence-corrected chi connectivity index (χ2v) is 5.48. The van der Waals surface area contributed by atoms with Crippen LogP contribution in [-0.4, -0.2) is 36.1 Å². The third-order valence-electron chi connectivity index (χ3n) is 3.98. The Labute approximate surface area is 126 Å². The van der Waals surface area contributed by atoms with Crippen LogP contribution in [-0.2, 0) is 13.1 Å². The van der Waals surface area contributed by atoms with Gasteiger partial charge >= 0.3 is 0 Å². The van der Waals surface area contributed by atoms with E-state index in [4.69, 9.17) is 5.73 Å². The van der Waals surface area contributed by atoms with Crippen molar-refractivity contribution in [2.45, 2.75) is 13.1 Å². The first-order valence-electron chi connectivity index (χ1n) is 7.51. The lowest BCUT2D eigenvalue weighted by Gasteiger charge is -2.35. The van der Waals surface area contributed by atoms with E-state index in [1.165, 1.54) is 11.1 Å². The highest BCUT2D eigenvalue weighted by Crippen LogP contribution is 2.15. The van der Waals surface area contributed by atoms with Crippen molar-refractivity contribution in [3.05, 3.63) is 59.8 Å². The highest BCUT2D eigenvalue weighted by Gasteiger charge is 2.17. The Morgan fingerprint density at radius 1 is 0.952 bits per heavy atom. The zero-order valence-corrected chi connectivity index (χ0v) is 12.3. The second kappa shape index (κ2) is 6.70. The highest BCUT2D eigenvalue weighted by atomic mass is 15.3. The molecule has 0 aliphatic carbocycles. The lowest BCUT2D eigenvalue weighted by Crippen LogP contribution is -2.46. The smallest absolute Gasteiger partial charge is 0.128 e. The molecule has 4 nitrogen and oxygen atoms in total. The number of nitrogens with zero attached hydrogens (tertiary/aromatic N) is 3. The van der Waals surface area contributed by atoms with Gasteiger partial charge in [0, 0.05) is 45.5 Å². The maximum absolute atomic E-state index is 5.71. The second-order valence-electron chi connectivity index (χ2n) is 5.48. The molecule has 1 aromatic carbocycles. The third-order valence-corrected chi connectivity index (χ3v) is 3.98. The summed E-state index contributed by atoms with van der Waals surface area (Å²) < 4.78 is 0. The van der Waals surface area contributed by atoms with Crippen molar-refractivity contribution in [3.63, 3.8) is 0 Å². The summed E-state index contributed by atoms with van der Waals surface area (Å²) in [4.78, 5) is 9.28. The SMILES string of the molecule is NCc1cccc(CN2CCN(c3ccccn3)CC2)c1. The Balaban J connectivity index is 1.56. The number of nitrogens with two attached hydrogens (primary N) is 1. The van der Waals surface area contributed by atoms with Gasteiger partial charge < -0.3 is 10.6 Å². The van der Waals surface area contributed by atoms with E-state index < -0.39 is 0 Å². The van der Waals surface area contributed by atoms with Gasteiger partial charge in [-0.15, -0.1) is 0 Å². The predicted molar refractivity (Wildman–Crippen MR) is 86.1 cm³/mol. The molecule has 0 unspecified atom stereocenters. The van der Waals surface area contributed by atoms with Crippen LogP contribution in [0.3, 0.4) is 0 Å². The number of hydrogen-bond donors (Lipinski definition) is 1. The van der Waals surface area contributed by atoms with Crippen molar-refractivity contribution in [1.29, 1.82) is 0 Å². The molecule has 4 heteroatoms. The van der Waals surface area contributed by atoms with E-state index in [2.05, 4.69) is 45.1 Å². The number of pyridine rings is 1. The van der Waals surface area contributed by atoms with Crippen LogP contribution >= 0.6 is 0 Å². The van der Waals surface area contributed by atoms with Crippen LogP contribution in [0.2, 0.25) is 0 Å². The van der Waals surface area contributed by atoms with E-state index in [1.807, 2.05) is 18.3 Å². The van der Waals surface area contributed by atoms with Crippen LogP contribution in [0.5, 0.6) is 0 Å². The fourth-order valence-corrected chi connectivity index (χ4v) is 2.79. The monoisotopic (exact) mass is 282 g/mol.